The molecule has 0 spiro atoms. The number of benzene rings is 1. The molecule has 0 aliphatic rings. The summed E-state index contributed by atoms with van der Waals surface area (Å²) in [6.07, 6.45) is 0. The van der Waals surface area contributed by atoms with Crippen LogP contribution in [0, 0.1) is 10.7 Å². The van der Waals surface area contributed by atoms with E-state index in [1.54, 1.807) is 18.2 Å². The molecule has 0 saturated carbocycles. The third-order valence-electron chi connectivity index (χ3n) is 2.24. The van der Waals surface area contributed by atoms with Gasteiger partial charge in [0.25, 0.3) is 0 Å². The Morgan fingerprint density at radius 1 is 1.35 bits per heavy atom. The molecule has 0 unspecified atom stereocenters. The Morgan fingerprint density at radius 2 is 2.06 bits per heavy atom. The van der Waals surface area contributed by atoms with E-state index in [-0.39, 0.29) is 18.3 Å². The van der Waals surface area contributed by atoms with Gasteiger partial charge in [-0.15, -0.1) is 4.91 Å². The molecule has 1 aromatic heterocycles. The van der Waals surface area contributed by atoms with Gasteiger partial charge in [-0.2, -0.15) is 0 Å². The van der Waals surface area contributed by atoms with E-state index in [0.717, 1.165) is 0 Å². The second kappa shape index (κ2) is 4.65. The number of nitrogens with two attached hydrogens (primary N) is 1. The van der Waals surface area contributed by atoms with Gasteiger partial charge in [0.15, 0.2) is 17.8 Å². The highest BCUT2D eigenvalue weighted by Gasteiger charge is 2.10. The first-order valence-electron chi connectivity index (χ1n) is 4.79. The minimum absolute atomic E-state index is 0.0555. The molecule has 2 N–H and O–H groups in total. The van der Waals surface area contributed by atoms with Crippen LogP contribution in [0.3, 0.4) is 0 Å². The maximum absolute atomic E-state index is 12.7. The summed E-state index contributed by atoms with van der Waals surface area (Å²) >= 11 is 0. The molecule has 0 bridgehead atoms. The number of hydrogen-bond acceptors (Lipinski definition) is 5. The Balaban J connectivity index is 2.27. The fourth-order valence-corrected chi connectivity index (χ4v) is 1.41. The highest BCUT2D eigenvalue weighted by molar-refractivity contribution is 5.61. The molecule has 0 atom stereocenters. The van der Waals surface area contributed by atoms with Crippen LogP contribution in [-0.2, 0) is 11.4 Å². The molecule has 88 valence electrons. The first kappa shape index (κ1) is 11.1. The molecule has 17 heavy (non-hydrogen) atoms. The maximum Gasteiger partial charge on any atom is 0.197 e. The van der Waals surface area contributed by atoms with Crippen LogP contribution in [0.2, 0.25) is 0 Å². The van der Waals surface area contributed by atoms with E-state index in [4.69, 9.17) is 10.2 Å². The Kier molecular flexibility index (Phi) is 3.04. The summed E-state index contributed by atoms with van der Waals surface area (Å²) < 4.78 is 18.0. The van der Waals surface area contributed by atoms with Crippen LogP contribution < -0.4 is 5.73 Å². The fourth-order valence-electron chi connectivity index (χ4n) is 1.41. The van der Waals surface area contributed by atoms with Crippen molar-refractivity contribution in [2.45, 2.75) is 6.61 Å². The Bertz CT molecular complexity index is 522. The molecule has 0 saturated heterocycles. The van der Waals surface area contributed by atoms with E-state index in [0.29, 0.717) is 16.9 Å². The summed E-state index contributed by atoms with van der Waals surface area (Å²) in [6, 6.07) is 7.38. The molecule has 0 aliphatic carbocycles. The molecule has 2 aromatic rings. The lowest BCUT2D eigenvalue weighted by molar-refractivity contribution is 0.126. The lowest BCUT2D eigenvalue weighted by atomic mass is 10.1. The molecule has 0 amide bonds. The van der Waals surface area contributed by atoms with Gasteiger partial charge in [-0.1, -0.05) is 0 Å². The minimum atomic E-state index is -0.331. The Morgan fingerprint density at radius 3 is 2.71 bits per heavy atom. The number of nitrogen functional groups attached to an aromatic ring is 1. The quantitative estimate of drug-likeness (QED) is 0.654. The van der Waals surface area contributed by atoms with Crippen molar-refractivity contribution in [3.05, 3.63) is 46.6 Å². The first-order valence-corrected chi connectivity index (χ1v) is 4.79. The predicted molar refractivity (Wildman–Crippen MR) is 59.1 cm³/mol. The zero-order valence-electron chi connectivity index (χ0n) is 8.72. The van der Waals surface area contributed by atoms with E-state index in [1.165, 1.54) is 12.1 Å². The van der Waals surface area contributed by atoms with Crippen molar-refractivity contribution in [2.75, 3.05) is 5.73 Å². The summed E-state index contributed by atoms with van der Waals surface area (Å²) in [6.45, 7) is -0.0555. The topological polar surface area (TPSA) is 77.8 Å². The number of hydrogen-bond donors (Lipinski definition) is 1. The maximum atomic E-state index is 12.7. The standard InChI is InChI=1S/C11H9FN2O3/c12-9-3-1-7(2-4-9)10-5-8(6-16-14-15)11(13)17-10/h1-5H,6,13H2. The molecular formula is C11H9FN2O3. The molecule has 1 heterocycles. The van der Waals surface area contributed by atoms with Gasteiger partial charge in [0, 0.05) is 5.56 Å². The second-order valence-electron chi connectivity index (χ2n) is 3.36. The SMILES string of the molecule is Nc1oc(-c2ccc(F)cc2)cc1CON=O. The van der Waals surface area contributed by atoms with Crippen LogP contribution in [0.25, 0.3) is 11.3 Å². The third kappa shape index (κ3) is 2.41. The van der Waals surface area contributed by atoms with Crippen molar-refractivity contribution in [1.82, 2.24) is 0 Å². The smallest absolute Gasteiger partial charge is 0.197 e. The van der Waals surface area contributed by atoms with E-state index in [9.17, 15) is 9.30 Å². The molecule has 0 radical (unpaired) electrons. The molecular weight excluding hydrogens is 227 g/mol. The zero-order chi connectivity index (χ0) is 12.3. The summed E-state index contributed by atoms with van der Waals surface area (Å²) in [4.78, 5) is 14.2. The lowest BCUT2D eigenvalue weighted by Gasteiger charge is -1.95. The summed E-state index contributed by atoms with van der Waals surface area (Å²) in [5.74, 6) is 0.293. The Labute approximate surface area is 95.9 Å². The second-order valence-corrected chi connectivity index (χ2v) is 3.36. The minimum Gasteiger partial charge on any atom is -0.441 e. The average molecular weight is 236 g/mol. The number of halogens is 1. The molecule has 0 fully saturated rings. The van der Waals surface area contributed by atoms with Crippen molar-refractivity contribution in [1.29, 1.82) is 0 Å². The van der Waals surface area contributed by atoms with Crippen LogP contribution in [0.4, 0.5) is 10.3 Å². The molecule has 2 rings (SSSR count). The average Bonchev–Trinajstić information content (AvgIpc) is 2.69. The van der Waals surface area contributed by atoms with Gasteiger partial charge in [0.1, 0.15) is 11.6 Å². The summed E-state index contributed by atoms with van der Waals surface area (Å²) in [5.41, 5.74) is 6.79. The number of anilines is 1. The van der Waals surface area contributed by atoms with Crippen molar-refractivity contribution >= 4 is 5.88 Å². The summed E-state index contributed by atoms with van der Waals surface area (Å²) in [7, 11) is 0. The largest absolute Gasteiger partial charge is 0.441 e. The van der Waals surface area contributed by atoms with Crippen LogP contribution in [0.1, 0.15) is 5.56 Å². The van der Waals surface area contributed by atoms with Crippen LogP contribution in [0.15, 0.2) is 40.1 Å². The molecule has 1 aromatic carbocycles. The lowest BCUT2D eigenvalue weighted by Crippen LogP contribution is -1.89. The van der Waals surface area contributed by atoms with Crippen molar-refractivity contribution in [3.63, 3.8) is 0 Å². The van der Waals surface area contributed by atoms with Crippen molar-refractivity contribution in [3.8, 4) is 11.3 Å². The van der Waals surface area contributed by atoms with E-state index in [1.807, 2.05) is 0 Å². The van der Waals surface area contributed by atoms with Gasteiger partial charge < -0.3 is 15.0 Å². The van der Waals surface area contributed by atoms with Gasteiger partial charge in [0.05, 0.1) is 5.56 Å². The van der Waals surface area contributed by atoms with Gasteiger partial charge in [-0.05, 0) is 30.3 Å². The van der Waals surface area contributed by atoms with Crippen LogP contribution >= 0.6 is 0 Å². The predicted octanol–water partition coefficient (Wildman–Crippen LogP) is 2.87. The fraction of sp³-hybridized carbons (Fsp3) is 0.0909. The van der Waals surface area contributed by atoms with E-state index < -0.39 is 0 Å². The first-order chi connectivity index (χ1) is 8.20. The number of furan rings is 1. The van der Waals surface area contributed by atoms with Crippen molar-refractivity contribution in [2.24, 2.45) is 5.34 Å². The van der Waals surface area contributed by atoms with E-state index in [2.05, 4.69) is 10.2 Å². The van der Waals surface area contributed by atoms with E-state index >= 15 is 0 Å². The highest BCUT2D eigenvalue weighted by atomic mass is 19.1. The van der Waals surface area contributed by atoms with Crippen molar-refractivity contribution < 1.29 is 13.6 Å². The van der Waals surface area contributed by atoms with Gasteiger partial charge in [-0.25, -0.2) is 4.39 Å². The number of rotatable bonds is 4. The number of nitrogens with zero attached hydrogens (tertiary/aromatic N) is 1. The molecule has 6 heteroatoms. The molecule has 5 nitrogen and oxygen atoms in total. The Hall–Kier alpha value is -2.37. The monoisotopic (exact) mass is 236 g/mol. The van der Waals surface area contributed by atoms with Gasteiger partial charge >= 0.3 is 0 Å². The summed E-state index contributed by atoms with van der Waals surface area (Å²) in [5, 5.41) is 2.27. The van der Waals surface area contributed by atoms with Gasteiger partial charge in [0.2, 0.25) is 0 Å². The highest BCUT2D eigenvalue weighted by Crippen LogP contribution is 2.27. The third-order valence-corrected chi connectivity index (χ3v) is 2.24. The van der Waals surface area contributed by atoms with Gasteiger partial charge in [-0.3, -0.25) is 0 Å². The molecule has 0 aliphatic heterocycles. The van der Waals surface area contributed by atoms with Crippen LogP contribution in [0.5, 0.6) is 0 Å². The zero-order valence-corrected chi connectivity index (χ0v) is 8.72. The van der Waals surface area contributed by atoms with Crippen LogP contribution in [-0.4, -0.2) is 0 Å². The normalized spacial score (nSPS) is 10.2.